The van der Waals surface area contributed by atoms with Crippen LogP contribution in [0.2, 0.25) is 0 Å². The highest BCUT2D eigenvalue weighted by molar-refractivity contribution is 7.89. The van der Waals surface area contributed by atoms with Gasteiger partial charge < -0.3 is 14.4 Å². The Morgan fingerprint density at radius 3 is 2.31 bits per heavy atom. The zero-order chi connectivity index (χ0) is 36.2. The minimum Gasteiger partial charge on any atom is -0.454 e. The maximum Gasteiger partial charge on any atom is 0.293 e. The summed E-state index contributed by atoms with van der Waals surface area (Å²) in [6.45, 7) is 4.09. The molecule has 3 aliphatic rings. The molecule has 4 aromatic rings. The first-order valence-corrected chi connectivity index (χ1v) is 18.4. The van der Waals surface area contributed by atoms with E-state index in [0.717, 1.165) is 35.2 Å². The van der Waals surface area contributed by atoms with Gasteiger partial charge in [0.25, 0.3) is 11.4 Å². The molecule has 7 rings (SSSR count). The van der Waals surface area contributed by atoms with Crippen LogP contribution >= 0.6 is 0 Å². The van der Waals surface area contributed by atoms with Crippen molar-refractivity contribution in [1.82, 2.24) is 9.21 Å². The van der Waals surface area contributed by atoms with E-state index in [4.69, 9.17) is 9.47 Å². The number of benzene rings is 4. The number of rotatable bonds is 11. The van der Waals surface area contributed by atoms with Crippen molar-refractivity contribution in [3.05, 3.63) is 122 Å². The number of hydrogen-bond donors (Lipinski definition) is 1. The second-order valence-electron chi connectivity index (χ2n) is 12.9. The number of sulfonamides is 1. The molecule has 16 heteroatoms. The van der Waals surface area contributed by atoms with Gasteiger partial charge in [0.2, 0.25) is 16.8 Å². The number of hydrazone groups is 1. The summed E-state index contributed by atoms with van der Waals surface area (Å²) in [5.74, 6) is 1.69. The van der Waals surface area contributed by atoms with Gasteiger partial charge in [-0.1, -0.05) is 42.5 Å². The number of nitrogens with one attached hydrogen (secondary N) is 1. The van der Waals surface area contributed by atoms with E-state index >= 15 is 0 Å². The Bertz CT molecular complexity index is 2100. The summed E-state index contributed by atoms with van der Waals surface area (Å²) in [5, 5.41) is 27.9. The summed E-state index contributed by atoms with van der Waals surface area (Å²) < 4.78 is 39.9. The van der Waals surface area contributed by atoms with Crippen LogP contribution < -0.4 is 19.8 Å². The number of nitrogens with zero attached hydrogens (tertiary/aromatic N) is 6. The summed E-state index contributed by atoms with van der Waals surface area (Å²) in [6, 6.07) is 24.2. The molecular weight excluding hydrogens is 691 g/mol. The summed E-state index contributed by atoms with van der Waals surface area (Å²) in [5.41, 5.74) is 5.48. The molecule has 0 aromatic heterocycles. The van der Waals surface area contributed by atoms with E-state index in [0.29, 0.717) is 50.3 Å². The minimum absolute atomic E-state index is 0.0526. The van der Waals surface area contributed by atoms with Gasteiger partial charge in [-0.3, -0.25) is 30.6 Å². The molecular formula is C36H37N7O8S. The van der Waals surface area contributed by atoms with Gasteiger partial charge in [0.05, 0.1) is 21.7 Å². The van der Waals surface area contributed by atoms with E-state index in [1.54, 1.807) is 12.1 Å². The SMILES string of the molecule is O=[N+]([O-])c1ccc(N/N=C\c2ccc(N3CCN(Cc4ccc5c(c4)OCO5)CC3)c([N+](=O)[O-])c2)c(S(=O)(=O)N2CCC(c3ccccc3)CC2)c1. The molecule has 0 bridgehead atoms. The average Bonchev–Trinajstić information content (AvgIpc) is 3.64. The number of nitro groups is 2. The van der Waals surface area contributed by atoms with E-state index in [1.807, 2.05) is 53.4 Å². The van der Waals surface area contributed by atoms with Gasteiger partial charge in [0.15, 0.2) is 11.5 Å². The molecule has 3 heterocycles. The Morgan fingerprint density at radius 1 is 0.827 bits per heavy atom. The summed E-state index contributed by atoms with van der Waals surface area (Å²) in [6.07, 6.45) is 2.58. The van der Waals surface area contributed by atoms with Crippen molar-refractivity contribution in [3.8, 4) is 11.5 Å². The predicted molar refractivity (Wildman–Crippen MR) is 195 cm³/mol. The first-order valence-electron chi connectivity index (χ1n) is 16.9. The van der Waals surface area contributed by atoms with Gasteiger partial charge in [-0.05, 0) is 54.2 Å². The summed E-state index contributed by atoms with van der Waals surface area (Å²) in [7, 11) is -4.13. The fraction of sp³-hybridized carbons (Fsp3) is 0.306. The highest BCUT2D eigenvalue weighted by atomic mass is 32.2. The van der Waals surface area contributed by atoms with Gasteiger partial charge in [-0.2, -0.15) is 9.41 Å². The highest BCUT2D eigenvalue weighted by Gasteiger charge is 2.33. The van der Waals surface area contributed by atoms with Crippen LogP contribution in [0.25, 0.3) is 0 Å². The van der Waals surface area contributed by atoms with Gasteiger partial charge in [-0.25, -0.2) is 8.42 Å². The Kier molecular flexibility index (Phi) is 10.0. The van der Waals surface area contributed by atoms with Crippen molar-refractivity contribution < 1.29 is 27.7 Å². The molecule has 3 aliphatic heterocycles. The third kappa shape index (κ3) is 7.54. The Hall–Kier alpha value is -5.58. The predicted octanol–water partition coefficient (Wildman–Crippen LogP) is 5.57. The topological polar surface area (TPSA) is 173 Å². The van der Waals surface area contributed by atoms with E-state index in [1.165, 1.54) is 28.7 Å². The second-order valence-corrected chi connectivity index (χ2v) is 14.8. The molecule has 2 saturated heterocycles. The molecule has 52 heavy (non-hydrogen) atoms. The smallest absolute Gasteiger partial charge is 0.293 e. The van der Waals surface area contributed by atoms with Gasteiger partial charge >= 0.3 is 0 Å². The number of nitro benzene ring substituents is 2. The number of piperidine rings is 1. The second kappa shape index (κ2) is 15.0. The lowest BCUT2D eigenvalue weighted by molar-refractivity contribution is -0.385. The molecule has 2 fully saturated rings. The third-order valence-corrected chi connectivity index (χ3v) is 11.6. The van der Waals surface area contributed by atoms with Crippen LogP contribution in [0.5, 0.6) is 11.5 Å². The number of piperazine rings is 1. The van der Waals surface area contributed by atoms with Crippen LogP contribution in [0.15, 0.2) is 94.9 Å². The molecule has 4 aromatic carbocycles. The van der Waals surface area contributed by atoms with Crippen molar-refractivity contribution in [2.24, 2.45) is 5.10 Å². The van der Waals surface area contributed by atoms with E-state index < -0.39 is 19.9 Å². The number of anilines is 2. The van der Waals surface area contributed by atoms with Crippen LogP contribution in [-0.4, -0.2) is 79.7 Å². The lowest BCUT2D eigenvalue weighted by atomic mass is 9.90. The molecule has 0 atom stereocenters. The standard InChI is InChI=1S/C36H37N7O8S/c44-42(45)30-8-9-31(36(22-30)52(48,49)41-14-12-29(13-15-41)28-4-2-1-3-5-28)38-37-23-26-6-10-32(33(20-26)43(46)47)40-18-16-39(17-19-40)24-27-7-11-34-35(21-27)51-25-50-34/h1-11,20-23,29,38H,12-19,24-25H2/b37-23-. The van der Waals surface area contributed by atoms with E-state index in [2.05, 4.69) is 15.4 Å². The molecule has 0 spiro atoms. The normalized spacial score (nSPS) is 17.0. The van der Waals surface area contributed by atoms with Crippen molar-refractivity contribution in [2.45, 2.75) is 30.2 Å². The van der Waals surface area contributed by atoms with Gasteiger partial charge in [0.1, 0.15) is 10.6 Å². The molecule has 0 amide bonds. The fourth-order valence-corrected chi connectivity index (χ4v) is 8.51. The molecule has 15 nitrogen and oxygen atoms in total. The molecule has 0 saturated carbocycles. The monoisotopic (exact) mass is 727 g/mol. The average molecular weight is 728 g/mol. The quantitative estimate of drug-likeness (QED) is 0.116. The number of non-ortho nitro benzene ring substituents is 1. The third-order valence-electron chi connectivity index (χ3n) is 9.67. The first-order chi connectivity index (χ1) is 25.2. The zero-order valence-electron chi connectivity index (χ0n) is 28.2. The number of fused-ring (bicyclic) bond motifs is 1. The largest absolute Gasteiger partial charge is 0.454 e. The van der Waals surface area contributed by atoms with Gasteiger partial charge in [0, 0.05) is 69.6 Å². The fourth-order valence-electron chi connectivity index (χ4n) is 6.88. The van der Waals surface area contributed by atoms with Crippen molar-refractivity contribution in [1.29, 1.82) is 0 Å². The molecule has 270 valence electrons. The minimum atomic E-state index is -4.13. The van der Waals surface area contributed by atoms with E-state index in [9.17, 15) is 28.6 Å². The van der Waals surface area contributed by atoms with Crippen LogP contribution in [0.4, 0.5) is 22.7 Å². The maximum atomic E-state index is 13.8. The lowest BCUT2D eigenvalue weighted by Gasteiger charge is -2.35. The van der Waals surface area contributed by atoms with Crippen LogP contribution in [-0.2, 0) is 16.6 Å². The number of ether oxygens (including phenoxy) is 2. The van der Waals surface area contributed by atoms with E-state index in [-0.39, 0.29) is 47.8 Å². The van der Waals surface area contributed by atoms with Crippen LogP contribution in [0.1, 0.15) is 35.4 Å². The first kappa shape index (κ1) is 34.9. The molecule has 1 N–H and O–H groups in total. The van der Waals surface area contributed by atoms with Crippen LogP contribution in [0.3, 0.4) is 0 Å². The molecule has 0 unspecified atom stereocenters. The molecule has 0 aliphatic carbocycles. The zero-order valence-corrected chi connectivity index (χ0v) is 29.0. The Balaban J connectivity index is 1.02. The molecule has 0 radical (unpaired) electrons. The van der Waals surface area contributed by atoms with Crippen molar-refractivity contribution in [3.63, 3.8) is 0 Å². The maximum absolute atomic E-state index is 13.8. The Labute approximate surface area is 300 Å². The van der Waals surface area contributed by atoms with Crippen LogP contribution in [0, 0.1) is 20.2 Å². The number of hydrogen-bond acceptors (Lipinski definition) is 12. The van der Waals surface area contributed by atoms with Crippen molar-refractivity contribution in [2.75, 3.05) is 56.4 Å². The highest BCUT2D eigenvalue weighted by Crippen LogP contribution is 2.36. The lowest BCUT2D eigenvalue weighted by Crippen LogP contribution is -2.46. The van der Waals surface area contributed by atoms with Crippen molar-refractivity contribution >= 4 is 39.0 Å². The summed E-state index contributed by atoms with van der Waals surface area (Å²) >= 11 is 0. The summed E-state index contributed by atoms with van der Waals surface area (Å²) in [4.78, 5) is 26.7. The van der Waals surface area contributed by atoms with Gasteiger partial charge in [-0.15, -0.1) is 0 Å². The Morgan fingerprint density at radius 2 is 1.58 bits per heavy atom.